The van der Waals surface area contributed by atoms with Crippen LogP contribution in [-0.2, 0) is 16.4 Å². The van der Waals surface area contributed by atoms with Gasteiger partial charge in [0.25, 0.3) is 5.69 Å². The molecule has 0 heterocycles. The second kappa shape index (κ2) is 7.49. The Labute approximate surface area is 146 Å². The van der Waals surface area contributed by atoms with Gasteiger partial charge in [-0.3, -0.25) is 10.1 Å². The van der Waals surface area contributed by atoms with E-state index in [1.807, 2.05) is 12.1 Å². The first kappa shape index (κ1) is 18.7. The summed E-state index contributed by atoms with van der Waals surface area (Å²) >= 11 is 0. The average Bonchev–Trinajstić information content (AvgIpc) is 2.56. The van der Waals surface area contributed by atoms with Crippen molar-refractivity contribution in [3.63, 3.8) is 0 Å². The summed E-state index contributed by atoms with van der Waals surface area (Å²) in [6.07, 6.45) is 0.648. The van der Waals surface area contributed by atoms with Gasteiger partial charge in [0.1, 0.15) is 5.69 Å². The van der Waals surface area contributed by atoms with Crippen LogP contribution in [0.5, 0.6) is 0 Å². The quantitative estimate of drug-likeness (QED) is 0.441. The summed E-state index contributed by atoms with van der Waals surface area (Å²) in [6, 6.07) is 11.2. The first-order valence-corrected chi connectivity index (χ1v) is 8.95. The van der Waals surface area contributed by atoms with E-state index in [1.165, 1.54) is 26.2 Å². The minimum atomic E-state index is -3.73. The van der Waals surface area contributed by atoms with E-state index in [0.29, 0.717) is 18.7 Å². The monoisotopic (exact) mass is 364 g/mol. The minimum absolute atomic E-state index is 0.117. The van der Waals surface area contributed by atoms with E-state index in [9.17, 15) is 18.5 Å². The zero-order valence-electron chi connectivity index (χ0n) is 14.0. The molecule has 0 fully saturated rings. The predicted octanol–water partition coefficient (Wildman–Crippen LogP) is 2.08. The van der Waals surface area contributed by atoms with E-state index in [0.717, 1.165) is 15.9 Å². The molecule has 25 heavy (non-hydrogen) atoms. The summed E-state index contributed by atoms with van der Waals surface area (Å²) in [5.41, 5.74) is 7.33. The smallest absolute Gasteiger partial charge is 0.293 e. The number of nitrogen functional groups attached to an aromatic ring is 1. The molecule has 0 unspecified atom stereocenters. The first-order valence-electron chi connectivity index (χ1n) is 7.51. The normalized spacial score (nSPS) is 11.5. The average molecular weight is 364 g/mol. The Kier molecular flexibility index (Phi) is 5.60. The fraction of sp³-hybridized carbons (Fsp3) is 0.250. The van der Waals surface area contributed by atoms with Gasteiger partial charge in [-0.1, -0.05) is 12.1 Å². The number of hydrogen-bond acceptors (Lipinski definition) is 6. The van der Waals surface area contributed by atoms with E-state index in [4.69, 9.17) is 5.73 Å². The summed E-state index contributed by atoms with van der Waals surface area (Å²) in [7, 11) is -0.978. The zero-order valence-corrected chi connectivity index (χ0v) is 14.8. The van der Waals surface area contributed by atoms with Gasteiger partial charge in [-0.25, -0.2) is 12.7 Å². The van der Waals surface area contributed by atoms with E-state index < -0.39 is 14.9 Å². The van der Waals surface area contributed by atoms with E-state index in [2.05, 4.69) is 5.32 Å². The molecule has 2 aromatic carbocycles. The molecular weight excluding hydrogens is 344 g/mol. The highest BCUT2D eigenvalue weighted by Gasteiger charge is 2.22. The summed E-state index contributed by atoms with van der Waals surface area (Å²) in [4.78, 5) is 10.6. The Morgan fingerprint density at radius 3 is 2.36 bits per heavy atom. The van der Waals surface area contributed by atoms with Crippen molar-refractivity contribution in [3.8, 4) is 0 Å². The number of nitro groups is 1. The summed E-state index contributed by atoms with van der Waals surface area (Å²) < 4.78 is 25.2. The van der Waals surface area contributed by atoms with Gasteiger partial charge in [0.2, 0.25) is 10.0 Å². The van der Waals surface area contributed by atoms with Crippen molar-refractivity contribution in [1.82, 2.24) is 4.31 Å². The van der Waals surface area contributed by atoms with Crippen LogP contribution in [0.2, 0.25) is 0 Å². The zero-order chi connectivity index (χ0) is 18.6. The van der Waals surface area contributed by atoms with Gasteiger partial charge >= 0.3 is 0 Å². The lowest BCUT2D eigenvalue weighted by Crippen LogP contribution is -2.22. The molecule has 0 aromatic heterocycles. The molecule has 2 rings (SSSR count). The number of nitro benzene ring substituents is 1. The molecule has 0 saturated carbocycles. The van der Waals surface area contributed by atoms with Crippen molar-refractivity contribution in [1.29, 1.82) is 0 Å². The number of nitrogens with one attached hydrogen (secondary N) is 1. The van der Waals surface area contributed by atoms with E-state index in [1.54, 1.807) is 12.1 Å². The fourth-order valence-electron chi connectivity index (χ4n) is 2.21. The van der Waals surface area contributed by atoms with Gasteiger partial charge in [0.15, 0.2) is 0 Å². The molecule has 0 bridgehead atoms. The van der Waals surface area contributed by atoms with Crippen LogP contribution in [0.25, 0.3) is 0 Å². The largest absolute Gasteiger partial charge is 0.399 e. The number of hydrogen-bond donors (Lipinski definition) is 2. The summed E-state index contributed by atoms with van der Waals surface area (Å²) in [5.74, 6) is 0. The van der Waals surface area contributed by atoms with E-state index in [-0.39, 0.29) is 16.3 Å². The van der Waals surface area contributed by atoms with Crippen LogP contribution in [-0.4, -0.2) is 38.3 Å². The Bertz CT molecular complexity index is 864. The molecule has 0 aliphatic rings. The van der Waals surface area contributed by atoms with Crippen LogP contribution in [0.15, 0.2) is 47.4 Å². The Morgan fingerprint density at radius 2 is 1.80 bits per heavy atom. The maximum Gasteiger partial charge on any atom is 0.293 e. The fourth-order valence-corrected chi connectivity index (χ4v) is 3.13. The third-order valence-corrected chi connectivity index (χ3v) is 5.46. The number of rotatable bonds is 7. The molecule has 2 aromatic rings. The molecule has 0 aliphatic heterocycles. The Balaban J connectivity index is 2.17. The SMILES string of the molecule is CN(C)S(=O)(=O)c1ccc(NCCc2ccc(N)cc2)c([N+](=O)[O-])c1. The first-order chi connectivity index (χ1) is 11.7. The topological polar surface area (TPSA) is 119 Å². The second-order valence-corrected chi connectivity index (χ2v) is 7.79. The van der Waals surface area contributed by atoms with Crippen molar-refractivity contribution < 1.29 is 13.3 Å². The standard InChI is InChI=1S/C16H20N4O4S/c1-19(2)25(23,24)14-7-8-15(16(11-14)20(21)22)18-10-9-12-3-5-13(17)6-4-12/h3-8,11,18H,9-10,17H2,1-2H3. The van der Waals surface area contributed by atoms with Crippen LogP contribution in [0.4, 0.5) is 17.1 Å². The number of anilines is 2. The molecule has 3 N–H and O–H groups in total. The van der Waals surface area contributed by atoms with Crippen molar-refractivity contribution >= 4 is 27.1 Å². The van der Waals surface area contributed by atoms with Gasteiger partial charge in [-0.2, -0.15) is 0 Å². The molecular formula is C16H20N4O4S. The highest BCUT2D eigenvalue weighted by atomic mass is 32.2. The van der Waals surface area contributed by atoms with Crippen LogP contribution >= 0.6 is 0 Å². The lowest BCUT2D eigenvalue weighted by atomic mass is 10.1. The lowest BCUT2D eigenvalue weighted by molar-refractivity contribution is -0.384. The molecule has 0 atom stereocenters. The molecule has 0 amide bonds. The molecule has 8 nitrogen and oxygen atoms in total. The highest BCUT2D eigenvalue weighted by Crippen LogP contribution is 2.28. The highest BCUT2D eigenvalue weighted by molar-refractivity contribution is 7.89. The van der Waals surface area contributed by atoms with Gasteiger partial charge in [0, 0.05) is 32.4 Å². The van der Waals surface area contributed by atoms with Crippen LogP contribution < -0.4 is 11.1 Å². The van der Waals surface area contributed by atoms with Crippen LogP contribution in [0.1, 0.15) is 5.56 Å². The third kappa shape index (κ3) is 4.46. The Hall–Kier alpha value is -2.65. The molecule has 0 saturated heterocycles. The number of benzene rings is 2. The van der Waals surface area contributed by atoms with Crippen LogP contribution in [0, 0.1) is 10.1 Å². The molecule has 0 spiro atoms. The van der Waals surface area contributed by atoms with Gasteiger partial charge < -0.3 is 11.1 Å². The van der Waals surface area contributed by atoms with Crippen molar-refractivity contribution in [2.75, 3.05) is 31.7 Å². The second-order valence-electron chi connectivity index (χ2n) is 5.64. The summed E-state index contributed by atoms with van der Waals surface area (Å²) in [5, 5.41) is 14.3. The number of nitrogens with zero attached hydrogens (tertiary/aromatic N) is 2. The van der Waals surface area contributed by atoms with Crippen molar-refractivity contribution in [2.24, 2.45) is 0 Å². The lowest BCUT2D eigenvalue weighted by Gasteiger charge is -2.13. The Morgan fingerprint density at radius 1 is 1.16 bits per heavy atom. The predicted molar refractivity (Wildman–Crippen MR) is 97.0 cm³/mol. The molecule has 9 heteroatoms. The van der Waals surface area contributed by atoms with Gasteiger partial charge in [-0.05, 0) is 36.2 Å². The summed E-state index contributed by atoms with van der Waals surface area (Å²) in [6.45, 7) is 0.463. The minimum Gasteiger partial charge on any atom is -0.399 e. The maximum absolute atomic E-state index is 12.1. The third-order valence-electron chi connectivity index (χ3n) is 3.65. The van der Waals surface area contributed by atoms with Gasteiger partial charge in [-0.15, -0.1) is 0 Å². The molecule has 134 valence electrons. The van der Waals surface area contributed by atoms with Gasteiger partial charge in [0.05, 0.1) is 9.82 Å². The van der Waals surface area contributed by atoms with Crippen molar-refractivity contribution in [2.45, 2.75) is 11.3 Å². The van der Waals surface area contributed by atoms with Crippen molar-refractivity contribution in [3.05, 3.63) is 58.1 Å². The molecule has 0 aliphatic carbocycles. The maximum atomic E-state index is 12.1. The molecule has 0 radical (unpaired) electrons. The van der Waals surface area contributed by atoms with Crippen LogP contribution in [0.3, 0.4) is 0 Å². The number of sulfonamides is 1. The van der Waals surface area contributed by atoms with E-state index >= 15 is 0 Å². The number of nitrogens with two attached hydrogens (primary N) is 1.